The Bertz CT molecular complexity index is 366. The van der Waals surface area contributed by atoms with E-state index in [0.29, 0.717) is 0 Å². The van der Waals surface area contributed by atoms with Crippen LogP contribution in [0.2, 0.25) is 5.02 Å². The van der Waals surface area contributed by atoms with Crippen LogP contribution in [0.4, 0.5) is 0 Å². The molecule has 0 radical (unpaired) electrons. The highest BCUT2D eigenvalue weighted by Crippen LogP contribution is 2.27. The van der Waals surface area contributed by atoms with Crippen molar-refractivity contribution in [1.82, 2.24) is 0 Å². The summed E-state index contributed by atoms with van der Waals surface area (Å²) in [4.78, 5) is 1.67. The molecule has 1 aromatic carbocycles. The van der Waals surface area contributed by atoms with Crippen LogP contribution >= 0.6 is 27.5 Å². The van der Waals surface area contributed by atoms with Gasteiger partial charge in [0.15, 0.2) is 0 Å². The van der Waals surface area contributed by atoms with Gasteiger partial charge in [-0.3, -0.25) is 0 Å². The molecule has 0 aliphatic carbocycles. The number of nitrogens with one attached hydrogen (secondary N) is 1. The predicted molar refractivity (Wildman–Crippen MR) is 74.1 cm³/mol. The molecule has 2 rings (SSSR count). The number of benzene rings is 1. The van der Waals surface area contributed by atoms with E-state index in [2.05, 4.69) is 15.9 Å². The first kappa shape index (κ1) is 13.2. The second kappa shape index (κ2) is 6.62. The third kappa shape index (κ3) is 4.16. The van der Waals surface area contributed by atoms with Gasteiger partial charge in [-0.25, -0.2) is 0 Å². The van der Waals surface area contributed by atoms with E-state index < -0.39 is 0 Å². The monoisotopic (exact) mass is 318 g/mol. The van der Waals surface area contributed by atoms with E-state index in [4.69, 9.17) is 16.3 Å². The summed E-state index contributed by atoms with van der Waals surface area (Å²) >= 11 is 9.34. The molecular weight excluding hydrogens is 302 g/mol. The van der Waals surface area contributed by atoms with E-state index in [1.807, 2.05) is 18.2 Å². The largest absolute Gasteiger partial charge is 0.487 e. The highest BCUT2D eigenvalue weighted by Gasteiger charge is 2.13. The van der Waals surface area contributed by atoms with Crippen LogP contribution in [0, 0.1) is 0 Å². The van der Waals surface area contributed by atoms with E-state index in [-0.39, 0.29) is 0 Å². The predicted octanol–water partition coefficient (Wildman–Crippen LogP) is 2.55. The molecule has 1 N–H and O–H groups in total. The van der Waals surface area contributed by atoms with Crippen LogP contribution in [0.1, 0.15) is 19.3 Å². The number of rotatable bonds is 4. The van der Waals surface area contributed by atoms with Crippen molar-refractivity contribution in [3.8, 4) is 5.75 Å². The van der Waals surface area contributed by atoms with Crippen LogP contribution in [0.15, 0.2) is 22.7 Å². The van der Waals surface area contributed by atoms with Crippen molar-refractivity contribution in [2.75, 3.05) is 26.2 Å². The average molecular weight is 320 g/mol. The first-order valence-corrected chi connectivity index (χ1v) is 7.34. The minimum atomic E-state index is 0.728. The minimum Gasteiger partial charge on any atom is -0.487 e. The molecule has 1 aromatic rings. The van der Waals surface area contributed by atoms with Crippen molar-refractivity contribution in [2.45, 2.75) is 19.3 Å². The van der Waals surface area contributed by atoms with E-state index in [1.165, 1.54) is 32.4 Å². The summed E-state index contributed by atoms with van der Waals surface area (Å²) in [6.07, 6.45) is 4.12. The number of quaternary nitrogens is 1. The molecule has 17 heavy (non-hydrogen) atoms. The van der Waals surface area contributed by atoms with Gasteiger partial charge < -0.3 is 9.64 Å². The van der Waals surface area contributed by atoms with Gasteiger partial charge in [0.25, 0.3) is 0 Å². The van der Waals surface area contributed by atoms with Crippen LogP contribution < -0.4 is 9.64 Å². The Morgan fingerprint density at radius 1 is 1.24 bits per heavy atom. The fraction of sp³-hybridized carbons (Fsp3) is 0.538. The number of piperidine rings is 1. The molecule has 2 nitrogen and oxygen atoms in total. The number of likely N-dealkylation sites (tertiary alicyclic amines) is 1. The lowest BCUT2D eigenvalue weighted by molar-refractivity contribution is -0.904. The molecule has 0 spiro atoms. The van der Waals surface area contributed by atoms with Gasteiger partial charge in [-0.1, -0.05) is 11.6 Å². The lowest BCUT2D eigenvalue weighted by Crippen LogP contribution is -3.13. The smallest absolute Gasteiger partial charge is 0.137 e. The maximum atomic E-state index is 5.88. The molecule has 0 bridgehead atoms. The molecule has 1 fully saturated rings. The molecule has 0 aromatic heterocycles. The van der Waals surface area contributed by atoms with Crippen molar-refractivity contribution in [3.63, 3.8) is 0 Å². The van der Waals surface area contributed by atoms with Crippen molar-refractivity contribution in [2.24, 2.45) is 0 Å². The third-order valence-corrected chi connectivity index (χ3v) is 4.02. The van der Waals surface area contributed by atoms with Gasteiger partial charge in [-0.15, -0.1) is 0 Å². The summed E-state index contributed by atoms with van der Waals surface area (Å²) in [5.74, 6) is 0.880. The second-order valence-corrected chi connectivity index (χ2v) is 5.77. The molecule has 1 heterocycles. The van der Waals surface area contributed by atoms with E-state index in [1.54, 1.807) is 4.90 Å². The highest BCUT2D eigenvalue weighted by atomic mass is 79.9. The van der Waals surface area contributed by atoms with Gasteiger partial charge >= 0.3 is 0 Å². The van der Waals surface area contributed by atoms with Gasteiger partial charge in [0, 0.05) is 5.02 Å². The van der Waals surface area contributed by atoms with Crippen molar-refractivity contribution >= 4 is 27.5 Å². The van der Waals surface area contributed by atoms with Gasteiger partial charge in [-0.2, -0.15) is 0 Å². The van der Waals surface area contributed by atoms with Gasteiger partial charge in [0.2, 0.25) is 0 Å². The summed E-state index contributed by atoms with van der Waals surface area (Å²) in [5.41, 5.74) is 0. The summed E-state index contributed by atoms with van der Waals surface area (Å²) in [6.45, 7) is 4.46. The zero-order valence-corrected chi connectivity index (χ0v) is 12.2. The third-order valence-electron chi connectivity index (χ3n) is 3.17. The molecule has 1 saturated heterocycles. The van der Waals surface area contributed by atoms with Crippen molar-refractivity contribution in [3.05, 3.63) is 27.7 Å². The molecule has 0 unspecified atom stereocenters. The number of hydrogen-bond donors (Lipinski definition) is 1. The molecule has 4 heteroatoms. The van der Waals surface area contributed by atoms with Gasteiger partial charge in [0.05, 0.1) is 17.6 Å². The lowest BCUT2D eigenvalue weighted by atomic mass is 10.1. The Balaban J connectivity index is 1.77. The van der Waals surface area contributed by atoms with E-state index >= 15 is 0 Å². The first-order valence-electron chi connectivity index (χ1n) is 6.17. The quantitative estimate of drug-likeness (QED) is 0.900. The molecular formula is C13H18BrClNO+. The van der Waals surface area contributed by atoms with Crippen molar-refractivity contribution in [1.29, 1.82) is 0 Å². The normalized spacial score (nSPS) is 17.1. The van der Waals surface area contributed by atoms with Crippen LogP contribution in [0.5, 0.6) is 5.75 Å². The maximum absolute atomic E-state index is 5.88. The summed E-state index contributed by atoms with van der Waals surface area (Å²) in [7, 11) is 0. The van der Waals surface area contributed by atoms with Crippen LogP contribution in [0.25, 0.3) is 0 Å². The van der Waals surface area contributed by atoms with E-state index in [0.717, 1.165) is 28.4 Å². The van der Waals surface area contributed by atoms with Crippen LogP contribution in [-0.4, -0.2) is 26.2 Å². The number of ether oxygens (including phenoxy) is 1. The fourth-order valence-electron chi connectivity index (χ4n) is 2.20. The second-order valence-electron chi connectivity index (χ2n) is 4.48. The van der Waals surface area contributed by atoms with E-state index in [9.17, 15) is 0 Å². The molecule has 0 amide bonds. The first-order chi connectivity index (χ1) is 8.25. The summed E-state index contributed by atoms with van der Waals surface area (Å²) in [6, 6.07) is 5.64. The average Bonchev–Trinajstić information content (AvgIpc) is 2.33. The molecule has 94 valence electrons. The zero-order valence-electron chi connectivity index (χ0n) is 9.85. The Morgan fingerprint density at radius 3 is 2.71 bits per heavy atom. The maximum Gasteiger partial charge on any atom is 0.137 e. The van der Waals surface area contributed by atoms with Gasteiger partial charge in [0.1, 0.15) is 18.9 Å². The Kier molecular flexibility index (Phi) is 5.14. The standard InChI is InChI=1S/C13H17BrClNO/c14-12-10-11(15)4-5-13(12)17-9-8-16-6-2-1-3-7-16/h4-5,10H,1-3,6-9H2/p+1. The fourth-order valence-corrected chi connectivity index (χ4v) is 3.00. The zero-order chi connectivity index (χ0) is 12.1. The summed E-state index contributed by atoms with van der Waals surface area (Å²) < 4.78 is 6.70. The van der Waals surface area contributed by atoms with Crippen molar-refractivity contribution < 1.29 is 9.64 Å². The molecule has 1 aliphatic heterocycles. The topological polar surface area (TPSA) is 13.7 Å². The number of halogens is 2. The highest BCUT2D eigenvalue weighted by molar-refractivity contribution is 9.10. The number of hydrogen-bond acceptors (Lipinski definition) is 1. The lowest BCUT2D eigenvalue weighted by Gasteiger charge is -2.23. The molecule has 0 atom stereocenters. The molecule has 0 saturated carbocycles. The molecule has 1 aliphatic rings. The van der Waals surface area contributed by atoms with Gasteiger partial charge in [-0.05, 0) is 53.4 Å². The van der Waals surface area contributed by atoms with Crippen LogP contribution in [0.3, 0.4) is 0 Å². The Morgan fingerprint density at radius 2 is 2.00 bits per heavy atom. The summed E-state index contributed by atoms with van der Waals surface area (Å²) in [5, 5.41) is 0.728. The van der Waals surface area contributed by atoms with Crippen LogP contribution in [-0.2, 0) is 0 Å². The SMILES string of the molecule is Clc1ccc(OCC[NH+]2CCCCC2)c(Br)c1. The Labute approximate surface area is 116 Å². The minimum absolute atomic E-state index is 0.728. The Hall–Kier alpha value is -0.250.